The fourth-order valence-electron chi connectivity index (χ4n) is 3.82. The van der Waals surface area contributed by atoms with Crippen LogP contribution in [0, 0.1) is 11.8 Å². The summed E-state index contributed by atoms with van der Waals surface area (Å²) in [4.78, 5) is 26.7. The average molecular weight is 344 g/mol. The standard InChI is InChI=1S/C20H28N2O3/c1-22(17-6-3-2-4-7-17)20(24)16-11-9-15(10-12-16)19(23)21-14-18-8-5-13-25-18/h2-4,6-7,15-16,18H,5,8-14H2,1H3,(H,21,23). The Morgan fingerprint density at radius 2 is 1.76 bits per heavy atom. The number of benzene rings is 1. The third kappa shape index (κ3) is 4.60. The van der Waals surface area contributed by atoms with E-state index in [0.29, 0.717) is 6.54 Å². The van der Waals surface area contributed by atoms with Crippen LogP contribution in [0.4, 0.5) is 5.69 Å². The molecule has 25 heavy (non-hydrogen) atoms. The molecular weight excluding hydrogens is 316 g/mol. The normalized spacial score (nSPS) is 26.2. The van der Waals surface area contributed by atoms with Crippen LogP contribution in [-0.2, 0) is 14.3 Å². The zero-order valence-electron chi connectivity index (χ0n) is 14.9. The largest absolute Gasteiger partial charge is 0.376 e. The summed E-state index contributed by atoms with van der Waals surface area (Å²) in [6.45, 7) is 1.43. The zero-order chi connectivity index (χ0) is 17.6. The van der Waals surface area contributed by atoms with Crippen LogP contribution in [0.15, 0.2) is 30.3 Å². The lowest BCUT2D eigenvalue weighted by molar-refractivity contribution is -0.129. The molecule has 1 aliphatic heterocycles. The van der Waals surface area contributed by atoms with Crippen molar-refractivity contribution >= 4 is 17.5 Å². The Bertz CT molecular complexity index is 576. The average Bonchev–Trinajstić information content (AvgIpc) is 3.19. The molecule has 136 valence electrons. The van der Waals surface area contributed by atoms with Crippen molar-refractivity contribution in [2.75, 3.05) is 25.1 Å². The topological polar surface area (TPSA) is 58.6 Å². The Morgan fingerprint density at radius 3 is 2.40 bits per heavy atom. The highest BCUT2D eigenvalue weighted by Gasteiger charge is 2.32. The van der Waals surface area contributed by atoms with E-state index < -0.39 is 0 Å². The van der Waals surface area contributed by atoms with E-state index in [1.807, 2.05) is 37.4 Å². The van der Waals surface area contributed by atoms with Gasteiger partial charge in [-0.2, -0.15) is 0 Å². The van der Waals surface area contributed by atoms with Gasteiger partial charge in [0.15, 0.2) is 0 Å². The molecule has 5 nitrogen and oxygen atoms in total. The Balaban J connectivity index is 1.44. The minimum atomic E-state index is 0.0208. The van der Waals surface area contributed by atoms with Crippen molar-refractivity contribution in [1.82, 2.24) is 5.32 Å². The van der Waals surface area contributed by atoms with Crippen molar-refractivity contribution in [2.24, 2.45) is 11.8 Å². The molecular formula is C20H28N2O3. The molecule has 1 aromatic rings. The lowest BCUT2D eigenvalue weighted by Crippen LogP contribution is -2.40. The highest BCUT2D eigenvalue weighted by atomic mass is 16.5. The van der Waals surface area contributed by atoms with E-state index in [1.54, 1.807) is 4.90 Å². The monoisotopic (exact) mass is 344 g/mol. The molecule has 1 heterocycles. The number of carbonyl (C=O) groups excluding carboxylic acids is 2. The maximum atomic E-state index is 12.7. The summed E-state index contributed by atoms with van der Waals surface area (Å²) in [5, 5.41) is 3.03. The number of amides is 2. The third-order valence-electron chi connectivity index (χ3n) is 5.45. The van der Waals surface area contributed by atoms with Gasteiger partial charge in [0.1, 0.15) is 0 Å². The lowest BCUT2D eigenvalue weighted by atomic mass is 9.81. The molecule has 1 unspecified atom stereocenters. The third-order valence-corrected chi connectivity index (χ3v) is 5.45. The van der Waals surface area contributed by atoms with Crippen LogP contribution in [-0.4, -0.2) is 38.1 Å². The quantitative estimate of drug-likeness (QED) is 0.893. The van der Waals surface area contributed by atoms with Crippen LogP contribution in [0.5, 0.6) is 0 Å². The number of anilines is 1. The number of hydrogen-bond acceptors (Lipinski definition) is 3. The van der Waals surface area contributed by atoms with Crippen LogP contribution in [0.3, 0.4) is 0 Å². The van der Waals surface area contributed by atoms with Gasteiger partial charge in [-0.15, -0.1) is 0 Å². The van der Waals surface area contributed by atoms with Crippen LogP contribution >= 0.6 is 0 Å². The van der Waals surface area contributed by atoms with E-state index in [2.05, 4.69) is 5.32 Å². The maximum absolute atomic E-state index is 12.7. The van der Waals surface area contributed by atoms with Crippen LogP contribution in [0.2, 0.25) is 0 Å². The fourth-order valence-corrected chi connectivity index (χ4v) is 3.82. The number of nitrogens with zero attached hydrogens (tertiary/aromatic N) is 1. The van der Waals surface area contributed by atoms with Crippen LogP contribution in [0.1, 0.15) is 38.5 Å². The van der Waals surface area contributed by atoms with Gasteiger partial charge in [0.2, 0.25) is 11.8 Å². The highest BCUT2D eigenvalue weighted by molar-refractivity contribution is 5.94. The molecule has 0 aromatic heterocycles. The highest BCUT2D eigenvalue weighted by Crippen LogP contribution is 2.31. The Morgan fingerprint density at radius 1 is 1.08 bits per heavy atom. The van der Waals surface area contributed by atoms with E-state index in [-0.39, 0.29) is 29.8 Å². The molecule has 1 aliphatic carbocycles. The first-order valence-electron chi connectivity index (χ1n) is 9.37. The van der Waals surface area contributed by atoms with Crippen molar-refractivity contribution < 1.29 is 14.3 Å². The molecule has 0 radical (unpaired) electrons. The summed E-state index contributed by atoms with van der Waals surface area (Å²) in [6.07, 6.45) is 5.45. The van der Waals surface area contributed by atoms with E-state index in [4.69, 9.17) is 4.74 Å². The minimum Gasteiger partial charge on any atom is -0.376 e. The Kier molecular flexibility index (Phi) is 6.08. The van der Waals surface area contributed by atoms with E-state index >= 15 is 0 Å². The van der Waals surface area contributed by atoms with Gasteiger partial charge in [0, 0.05) is 37.7 Å². The number of rotatable bonds is 5. The van der Waals surface area contributed by atoms with Gasteiger partial charge in [-0.1, -0.05) is 18.2 Å². The molecule has 2 amide bonds. The van der Waals surface area contributed by atoms with Gasteiger partial charge in [-0.3, -0.25) is 9.59 Å². The molecule has 1 aromatic carbocycles. The van der Waals surface area contributed by atoms with Gasteiger partial charge < -0.3 is 15.0 Å². The van der Waals surface area contributed by atoms with Gasteiger partial charge in [-0.05, 0) is 50.7 Å². The molecule has 0 spiro atoms. The number of carbonyl (C=O) groups is 2. The second-order valence-electron chi connectivity index (χ2n) is 7.16. The van der Waals surface area contributed by atoms with Crippen molar-refractivity contribution in [3.05, 3.63) is 30.3 Å². The fraction of sp³-hybridized carbons (Fsp3) is 0.600. The van der Waals surface area contributed by atoms with Gasteiger partial charge in [0.05, 0.1) is 6.10 Å². The summed E-state index contributed by atoms with van der Waals surface area (Å²) >= 11 is 0. The zero-order valence-corrected chi connectivity index (χ0v) is 14.9. The maximum Gasteiger partial charge on any atom is 0.229 e. The predicted molar refractivity (Wildman–Crippen MR) is 97.3 cm³/mol. The van der Waals surface area contributed by atoms with E-state index in [1.165, 1.54) is 0 Å². The van der Waals surface area contributed by atoms with Crippen molar-refractivity contribution in [3.63, 3.8) is 0 Å². The summed E-state index contributed by atoms with van der Waals surface area (Å²) in [5.74, 6) is 0.335. The van der Waals surface area contributed by atoms with Crippen LogP contribution in [0.25, 0.3) is 0 Å². The molecule has 1 N–H and O–H groups in total. The number of hydrogen-bond donors (Lipinski definition) is 1. The van der Waals surface area contributed by atoms with Gasteiger partial charge >= 0.3 is 0 Å². The molecule has 1 saturated heterocycles. The summed E-state index contributed by atoms with van der Waals surface area (Å²) in [6, 6.07) is 9.72. The van der Waals surface area contributed by atoms with Crippen molar-refractivity contribution in [1.29, 1.82) is 0 Å². The Hall–Kier alpha value is -1.88. The molecule has 1 atom stereocenters. The molecule has 3 rings (SSSR count). The van der Waals surface area contributed by atoms with Crippen molar-refractivity contribution in [3.8, 4) is 0 Å². The second-order valence-corrected chi connectivity index (χ2v) is 7.16. The van der Waals surface area contributed by atoms with Gasteiger partial charge in [0.25, 0.3) is 0 Å². The Labute approximate surface area is 149 Å². The first kappa shape index (κ1) is 17.9. The smallest absolute Gasteiger partial charge is 0.229 e. The summed E-state index contributed by atoms with van der Waals surface area (Å²) in [5.41, 5.74) is 0.920. The van der Waals surface area contributed by atoms with Crippen LogP contribution < -0.4 is 10.2 Å². The minimum absolute atomic E-state index is 0.0208. The van der Waals surface area contributed by atoms with E-state index in [9.17, 15) is 9.59 Å². The van der Waals surface area contributed by atoms with E-state index in [0.717, 1.165) is 50.8 Å². The van der Waals surface area contributed by atoms with Gasteiger partial charge in [-0.25, -0.2) is 0 Å². The molecule has 5 heteroatoms. The van der Waals surface area contributed by atoms with Crippen molar-refractivity contribution in [2.45, 2.75) is 44.6 Å². The lowest BCUT2D eigenvalue weighted by Gasteiger charge is -2.30. The SMILES string of the molecule is CN(C(=O)C1CCC(C(=O)NCC2CCCO2)CC1)c1ccccc1. The number of ether oxygens (including phenoxy) is 1. The number of nitrogens with one attached hydrogen (secondary N) is 1. The first-order valence-corrected chi connectivity index (χ1v) is 9.37. The summed E-state index contributed by atoms with van der Waals surface area (Å²) in [7, 11) is 1.83. The molecule has 1 saturated carbocycles. The summed E-state index contributed by atoms with van der Waals surface area (Å²) < 4.78 is 5.54. The molecule has 2 aliphatic rings. The molecule has 0 bridgehead atoms. The second kappa shape index (κ2) is 8.48. The first-order chi connectivity index (χ1) is 12.1. The molecule has 2 fully saturated rings. The number of para-hydroxylation sites is 1. The predicted octanol–water partition coefficient (Wildman–Crippen LogP) is 2.75.